The highest BCUT2D eigenvalue weighted by molar-refractivity contribution is 5.69. The van der Waals surface area contributed by atoms with E-state index in [9.17, 15) is 9.59 Å². The number of hydrogen-bond donors (Lipinski definition) is 1. The van der Waals surface area contributed by atoms with Crippen LogP contribution in [-0.4, -0.2) is 60.2 Å². The zero-order chi connectivity index (χ0) is 45.7. The van der Waals surface area contributed by atoms with Crippen molar-refractivity contribution in [2.75, 3.05) is 31.5 Å². The summed E-state index contributed by atoms with van der Waals surface area (Å²) in [6.45, 7) is 15.5. The van der Waals surface area contributed by atoms with Crippen LogP contribution < -0.4 is 5.32 Å². The molecule has 1 atom stereocenters. The molecule has 0 aliphatic rings. The Hall–Kier alpha value is -2.15. The van der Waals surface area contributed by atoms with Gasteiger partial charge in [0.05, 0.1) is 11.9 Å². The van der Waals surface area contributed by atoms with E-state index in [1.54, 1.807) is 0 Å². The van der Waals surface area contributed by atoms with Crippen molar-refractivity contribution in [3.63, 3.8) is 0 Å². The maximum absolute atomic E-state index is 12.9. The number of ether oxygens (including phenoxy) is 2. The van der Waals surface area contributed by atoms with Gasteiger partial charge in [-0.25, -0.2) is 0 Å². The first-order valence-corrected chi connectivity index (χ1v) is 27.7. The molecule has 1 aromatic heterocycles. The molecule has 0 radical (unpaired) electrons. The van der Waals surface area contributed by atoms with E-state index in [2.05, 4.69) is 55.9 Å². The number of anilines is 1. The van der Waals surface area contributed by atoms with Crippen LogP contribution in [0.4, 0.5) is 5.69 Å². The second kappa shape index (κ2) is 45.0. The maximum Gasteiger partial charge on any atom is 0.306 e. The zero-order valence-corrected chi connectivity index (χ0v) is 42.6. The standard InChI is InChI=1S/C56H105N3O4/c1-6-11-15-18-23-30-39-52(10-5)62-55(60)42-33-26-21-28-35-47-59(49-37-45-58-54-50-57-46-44-51(54)38-14-9-4)48-36-29-22-27-34-43-56(61)63-53(40-31-24-19-16-12-7-2)41-32-25-20-17-13-8-3/h44,46,50,52-53,58H,6-43,45,47-49H2,1-5H3. The van der Waals surface area contributed by atoms with E-state index in [-0.39, 0.29) is 24.1 Å². The van der Waals surface area contributed by atoms with Crippen LogP contribution in [0, 0.1) is 0 Å². The summed E-state index contributed by atoms with van der Waals surface area (Å²) >= 11 is 0. The number of hydrogen-bond acceptors (Lipinski definition) is 7. The SMILES string of the molecule is CCCCCCCCC(CC)OC(=O)CCCCCCCN(CCCCCCCC(=O)OC(CCCCCCCC)CCCCCCCC)CCCNc1cnccc1CCCC. The van der Waals surface area contributed by atoms with E-state index in [0.717, 1.165) is 90.4 Å². The fourth-order valence-electron chi connectivity index (χ4n) is 8.85. The molecule has 7 nitrogen and oxygen atoms in total. The van der Waals surface area contributed by atoms with Gasteiger partial charge in [0.25, 0.3) is 0 Å². The first-order valence-electron chi connectivity index (χ1n) is 27.7. The molecule has 0 aromatic carbocycles. The van der Waals surface area contributed by atoms with Crippen molar-refractivity contribution >= 4 is 17.6 Å². The Labute approximate surface area is 391 Å². The molecule has 1 rings (SSSR count). The molecule has 63 heavy (non-hydrogen) atoms. The van der Waals surface area contributed by atoms with Crippen LogP contribution in [0.1, 0.15) is 278 Å². The van der Waals surface area contributed by atoms with Gasteiger partial charge in [-0.15, -0.1) is 0 Å². The van der Waals surface area contributed by atoms with Gasteiger partial charge < -0.3 is 19.7 Å². The first-order chi connectivity index (χ1) is 31.0. The Morgan fingerprint density at radius 3 is 1.41 bits per heavy atom. The lowest BCUT2D eigenvalue weighted by Gasteiger charge is -2.23. The average molecular weight is 884 g/mol. The molecule has 1 unspecified atom stereocenters. The monoisotopic (exact) mass is 884 g/mol. The third-order valence-electron chi connectivity index (χ3n) is 13.1. The smallest absolute Gasteiger partial charge is 0.306 e. The van der Waals surface area contributed by atoms with Crippen molar-refractivity contribution in [1.29, 1.82) is 0 Å². The summed E-state index contributed by atoms with van der Waals surface area (Å²) in [4.78, 5) is 32.6. The summed E-state index contributed by atoms with van der Waals surface area (Å²) < 4.78 is 12.0. The number of carbonyl (C=O) groups excluding carboxylic acids is 2. The third kappa shape index (κ3) is 36.7. The van der Waals surface area contributed by atoms with E-state index >= 15 is 0 Å². The largest absolute Gasteiger partial charge is 0.462 e. The summed E-state index contributed by atoms with van der Waals surface area (Å²) in [5, 5.41) is 3.70. The Balaban J connectivity index is 2.46. The summed E-state index contributed by atoms with van der Waals surface area (Å²) in [5.74, 6) is 0.0342. The molecule has 1 aromatic rings. The summed E-state index contributed by atoms with van der Waals surface area (Å²) in [5.41, 5.74) is 2.57. The van der Waals surface area contributed by atoms with Crippen molar-refractivity contribution in [2.45, 2.75) is 291 Å². The molecule has 1 N–H and O–H groups in total. The minimum atomic E-state index is 0.00237. The van der Waals surface area contributed by atoms with Crippen LogP contribution in [0.3, 0.4) is 0 Å². The molecule has 0 spiro atoms. The van der Waals surface area contributed by atoms with Gasteiger partial charge in [-0.05, 0) is 121 Å². The van der Waals surface area contributed by atoms with Gasteiger partial charge in [-0.1, -0.05) is 176 Å². The van der Waals surface area contributed by atoms with Crippen LogP contribution in [-0.2, 0) is 25.5 Å². The predicted octanol–water partition coefficient (Wildman–Crippen LogP) is 16.7. The van der Waals surface area contributed by atoms with Crippen LogP contribution in [0.2, 0.25) is 0 Å². The van der Waals surface area contributed by atoms with Crippen molar-refractivity contribution in [1.82, 2.24) is 9.88 Å². The van der Waals surface area contributed by atoms with Crippen molar-refractivity contribution in [2.24, 2.45) is 0 Å². The fourth-order valence-corrected chi connectivity index (χ4v) is 8.85. The normalized spacial score (nSPS) is 12.0. The number of aryl methyl sites for hydroxylation is 1. The minimum Gasteiger partial charge on any atom is -0.462 e. The van der Waals surface area contributed by atoms with E-state index < -0.39 is 0 Å². The molecule has 368 valence electrons. The number of rotatable bonds is 48. The maximum atomic E-state index is 12.9. The minimum absolute atomic E-state index is 0.00237. The Bertz CT molecular complexity index is 1130. The molecule has 0 aliphatic carbocycles. The van der Waals surface area contributed by atoms with Crippen molar-refractivity contribution in [3.05, 3.63) is 24.0 Å². The van der Waals surface area contributed by atoms with Crippen molar-refractivity contribution in [3.8, 4) is 0 Å². The highest BCUT2D eigenvalue weighted by Gasteiger charge is 2.15. The zero-order valence-electron chi connectivity index (χ0n) is 42.6. The molecule has 1 heterocycles. The first kappa shape index (κ1) is 58.9. The van der Waals surface area contributed by atoms with E-state index in [1.807, 2.05) is 12.4 Å². The van der Waals surface area contributed by atoms with E-state index in [4.69, 9.17) is 9.47 Å². The lowest BCUT2D eigenvalue weighted by Crippen LogP contribution is -2.28. The van der Waals surface area contributed by atoms with Crippen LogP contribution in [0.25, 0.3) is 0 Å². The van der Waals surface area contributed by atoms with Gasteiger partial charge in [-0.2, -0.15) is 0 Å². The second-order valence-corrected chi connectivity index (χ2v) is 19.1. The average Bonchev–Trinajstić information content (AvgIpc) is 3.29. The van der Waals surface area contributed by atoms with Crippen LogP contribution in [0.5, 0.6) is 0 Å². The highest BCUT2D eigenvalue weighted by Crippen LogP contribution is 2.20. The van der Waals surface area contributed by atoms with Gasteiger partial charge in [0, 0.05) is 25.6 Å². The molecule has 0 amide bonds. The number of carbonyl (C=O) groups is 2. The van der Waals surface area contributed by atoms with Gasteiger partial charge in [0.15, 0.2) is 0 Å². The summed E-state index contributed by atoms with van der Waals surface area (Å²) in [7, 11) is 0. The molecule has 0 bridgehead atoms. The predicted molar refractivity (Wildman–Crippen MR) is 272 cm³/mol. The van der Waals surface area contributed by atoms with Gasteiger partial charge in [0.2, 0.25) is 0 Å². The highest BCUT2D eigenvalue weighted by atomic mass is 16.5. The van der Waals surface area contributed by atoms with Crippen LogP contribution >= 0.6 is 0 Å². The fraction of sp³-hybridized carbons (Fsp3) is 0.875. The summed E-state index contributed by atoms with van der Waals surface area (Å²) in [6, 6.07) is 2.17. The van der Waals surface area contributed by atoms with E-state index in [0.29, 0.717) is 12.8 Å². The Kier molecular flexibility index (Phi) is 42.1. The lowest BCUT2D eigenvalue weighted by molar-refractivity contribution is -0.150. The topological polar surface area (TPSA) is 80.8 Å². The molecule has 0 saturated carbocycles. The number of esters is 2. The van der Waals surface area contributed by atoms with Gasteiger partial charge in [-0.3, -0.25) is 14.6 Å². The summed E-state index contributed by atoms with van der Waals surface area (Å²) in [6.07, 6.45) is 48.3. The number of nitrogens with zero attached hydrogens (tertiary/aromatic N) is 2. The number of unbranched alkanes of at least 4 members (excludes halogenated alkanes) is 24. The molecule has 0 fully saturated rings. The number of pyridine rings is 1. The Morgan fingerprint density at radius 2 is 0.921 bits per heavy atom. The lowest BCUT2D eigenvalue weighted by atomic mass is 10.0. The molecular formula is C56H105N3O4. The van der Waals surface area contributed by atoms with E-state index in [1.165, 1.54) is 178 Å². The Morgan fingerprint density at radius 1 is 0.508 bits per heavy atom. The second-order valence-electron chi connectivity index (χ2n) is 19.1. The quantitative estimate of drug-likeness (QED) is 0.0516. The van der Waals surface area contributed by atoms with Gasteiger partial charge in [0.1, 0.15) is 12.2 Å². The molecule has 7 heteroatoms. The molecular weight excluding hydrogens is 779 g/mol. The number of aromatic nitrogens is 1. The van der Waals surface area contributed by atoms with Crippen LogP contribution in [0.15, 0.2) is 18.5 Å². The molecule has 0 aliphatic heterocycles. The third-order valence-corrected chi connectivity index (χ3v) is 13.1. The number of nitrogens with one attached hydrogen (secondary N) is 1. The van der Waals surface area contributed by atoms with Gasteiger partial charge >= 0.3 is 11.9 Å². The van der Waals surface area contributed by atoms with Crippen molar-refractivity contribution < 1.29 is 19.1 Å². The molecule has 0 saturated heterocycles.